The zero-order valence-corrected chi connectivity index (χ0v) is 12.1. The molecule has 1 aromatic rings. The number of halogens is 2. The molecule has 0 aromatic heterocycles. The minimum Gasteiger partial charge on any atom is -0.317 e. The van der Waals surface area contributed by atoms with E-state index in [1.54, 1.807) is 0 Å². The highest BCUT2D eigenvalue weighted by Gasteiger charge is 2.39. The van der Waals surface area contributed by atoms with Gasteiger partial charge in [0.05, 0.1) is 5.41 Å². The summed E-state index contributed by atoms with van der Waals surface area (Å²) in [6, 6.07) is 7.77. The van der Waals surface area contributed by atoms with Crippen molar-refractivity contribution in [2.24, 2.45) is 0 Å². The largest absolute Gasteiger partial charge is 0.317 e. The Balaban J connectivity index is 0.00000162. The average molecular weight is 288 g/mol. The van der Waals surface area contributed by atoms with Crippen LogP contribution in [-0.2, 0) is 10.2 Å². The van der Waals surface area contributed by atoms with Gasteiger partial charge in [-0.15, -0.1) is 12.4 Å². The van der Waals surface area contributed by atoms with Gasteiger partial charge < -0.3 is 5.32 Å². The third-order valence-corrected chi connectivity index (χ3v) is 3.92. The first-order valence-electron chi connectivity index (χ1n) is 6.19. The van der Waals surface area contributed by atoms with Crippen LogP contribution in [0.1, 0.15) is 31.7 Å². The Kier molecular flexibility index (Phi) is 5.64. The molecule has 1 aromatic carbocycles. The topological polar surface area (TPSA) is 29.1 Å². The van der Waals surface area contributed by atoms with Crippen LogP contribution in [-0.4, -0.2) is 18.9 Å². The minimum atomic E-state index is -0.315. The van der Waals surface area contributed by atoms with Gasteiger partial charge in [0.1, 0.15) is 5.78 Å². The quantitative estimate of drug-likeness (QED) is 0.924. The van der Waals surface area contributed by atoms with Crippen LogP contribution in [0.15, 0.2) is 24.3 Å². The summed E-state index contributed by atoms with van der Waals surface area (Å²) in [6.45, 7) is 3.74. The number of benzene rings is 1. The van der Waals surface area contributed by atoms with Crippen LogP contribution in [0, 0.1) is 0 Å². The molecule has 18 heavy (non-hydrogen) atoms. The van der Waals surface area contributed by atoms with E-state index in [2.05, 4.69) is 5.32 Å². The van der Waals surface area contributed by atoms with E-state index in [1.807, 2.05) is 31.2 Å². The summed E-state index contributed by atoms with van der Waals surface area (Å²) in [4.78, 5) is 12.3. The summed E-state index contributed by atoms with van der Waals surface area (Å²) in [7, 11) is 0. The lowest BCUT2D eigenvalue weighted by Gasteiger charge is -2.36. The molecule has 0 amide bonds. The van der Waals surface area contributed by atoms with Gasteiger partial charge in [0.25, 0.3) is 0 Å². The third-order valence-electron chi connectivity index (χ3n) is 3.69. The molecule has 1 heterocycles. The highest BCUT2D eigenvalue weighted by Crippen LogP contribution is 2.36. The molecule has 0 atom stereocenters. The first-order chi connectivity index (χ1) is 8.19. The number of hydrogen-bond acceptors (Lipinski definition) is 2. The molecule has 1 aliphatic heterocycles. The maximum atomic E-state index is 12.3. The molecule has 0 aliphatic carbocycles. The van der Waals surface area contributed by atoms with Gasteiger partial charge in [-0.05, 0) is 43.6 Å². The van der Waals surface area contributed by atoms with E-state index >= 15 is 0 Å². The van der Waals surface area contributed by atoms with Gasteiger partial charge >= 0.3 is 0 Å². The Bertz CT molecular complexity index is 414. The monoisotopic (exact) mass is 287 g/mol. The van der Waals surface area contributed by atoms with E-state index in [0.29, 0.717) is 17.2 Å². The van der Waals surface area contributed by atoms with Gasteiger partial charge in [-0.1, -0.05) is 30.7 Å². The average Bonchev–Trinajstić information content (AvgIpc) is 2.38. The molecule has 4 heteroatoms. The van der Waals surface area contributed by atoms with Gasteiger partial charge in [0.2, 0.25) is 0 Å². The molecule has 0 unspecified atom stereocenters. The number of carbonyl (C=O) groups excluding carboxylic acids is 1. The molecule has 1 saturated heterocycles. The standard InChI is InChI=1S/C14H18ClNO.ClH/c1-2-13(17)14(6-8-16-9-7-14)11-4-3-5-12(15)10-11;/h3-5,10,16H,2,6-9H2,1H3;1H. The third kappa shape index (κ3) is 2.87. The van der Waals surface area contributed by atoms with E-state index in [4.69, 9.17) is 11.6 Å². The zero-order chi connectivity index (χ0) is 12.3. The van der Waals surface area contributed by atoms with Crippen molar-refractivity contribution in [3.05, 3.63) is 34.9 Å². The van der Waals surface area contributed by atoms with Crippen molar-refractivity contribution in [3.8, 4) is 0 Å². The maximum Gasteiger partial charge on any atom is 0.143 e. The number of piperidine rings is 1. The summed E-state index contributed by atoms with van der Waals surface area (Å²) < 4.78 is 0. The van der Waals surface area contributed by atoms with Gasteiger partial charge in [-0.2, -0.15) is 0 Å². The fourth-order valence-corrected chi connectivity index (χ4v) is 2.90. The molecule has 2 nitrogen and oxygen atoms in total. The predicted octanol–water partition coefficient (Wildman–Crippen LogP) is 3.36. The molecule has 1 N–H and O–H groups in total. The molecule has 1 fully saturated rings. The molecule has 0 radical (unpaired) electrons. The maximum absolute atomic E-state index is 12.3. The normalized spacial score (nSPS) is 17.9. The molecule has 2 rings (SSSR count). The summed E-state index contributed by atoms with van der Waals surface area (Å²) in [5.74, 6) is 0.335. The van der Waals surface area contributed by atoms with Crippen LogP contribution < -0.4 is 5.32 Å². The number of Topliss-reactive ketones (excluding diaryl/α,β-unsaturated/α-hetero) is 1. The lowest BCUT2D eigenvalue weighted by atomic mass is 9.69. The number of hydrogen-bond donors (Lipinski definition) is 1. The summed E-state index contributed by atoms with van der Waals surface area (Å²) in [5.41, 5.74) is 0.767. The van der Waals surface area contributed by atoms with Crippen molar-refractivity contribution >= 4 is 29.8 Å². The van der Waals surface area contributed by atoms with Crippen molar-refractivity contribution in [1.82, 2.24) is 5.32 Å². The lowest BCUT2D eigenvalue weighted by Crippen LogP contribution is -2.45. The lowest BCUT2D eigenvalue weighted by molar-refractivity contribution is -0.125. The Morgan fingerprint density at radius 1 is 1.39 bits per heavy atom. The Morgan fingerprint density at radius 3 is 2.61 bits per heavy atom. The van der Waals surface area contributed by atoms with Crippen LogP contribution in [0.3, 0.4) is 0 Å². The van der Waals surface area contributed by atoms with Gasteiger partial charge in [-0.3, -0.25) is 4.79 Å². The van der Waals surface area contributed by atoms with Gasteiger partial charge in [0.15, 0.2) is 0 Å². The fraction of sp³-hybridized carbons (Fsp3) is 0.500. The predicted molar refractivity (Wildman–Crippen MR) is 77.8 cm³/mol. The van der Waals surface area contributed by atoms with E-state index < -0.39 is 0 Å². The second-order valence-corrected chi connectivity index (χ2v) is 5.06. The van der Waals surface area contributed by atoms with E-state index in [1.165, 1.54) is 0 Å². The Labute approximate surface area is 120 Å². The molecular formula is C14H19Cl2NO. The van der Waals surface area contributed by atoms with E-state index in [9.17, 15) is 4.79 Å². The zero-order valence-electron chi connectivity index (χ0n) is 10.5. The molecular weight excluding hydrogens is 269 g/mol. The summed E-state index contributed by atoms with van der Waals surface area (Å²) in [6.07, 6.45) is 2.34. The van der Waals surface area contributed by atoms with Crippen LogP contribution in [0.5, 0.6) is 0 Å². The van der Waals surface area contributed by atoms with Crippen molar-refractivity contribution in [1.29, 1.82) is 0 Å². The Hall–Kier alpha value is -0.570. The minimum absolute atomic E-state index is 0. The second kappa shape index (κ2) is 6.55. The number of carbonyl (C=O) groups is 1. The van der Waals surface area contributed by atoms with Crippen LogP contribution in [0.25, 0.3) is 0 Å². The highest BCUT2D eigenvalue weighted by atomic mass is 35.5. The highest BCUT2D eigenvalue weighted by molar-refractivity contribution is 6.30. The number of ketones is 1. The Morgan fingerprint density at radius 2 is 2.06 bits per heavy atom. The number of rotatable bonds is 3. The van der Waals surface area contributed by atoms with Crippen LogP contribution in [0.2, 0.25) is 5.02 Å². The fourth-order valence-electron chi connectivity index (χ4n) is 2.71. The van der Waals surface area contributed by atoms with Crippen molar-refractivity contribution in [2.45, 2.75) is 31.6 Å². The second-order valence-electron chi connectivity index (χ2n) is 4.62. The van der Waals surface area contributed by atoms with E-state index in [-0.39, 0.29) is 17.8 Å². The SMILES string of the molecule is CCC(=O)C1(c2cccc(Cl)c2)CCNCC1.Cl. The van der Waals surface area contributed by atoms with Crippen molar-refractivity contribution in [3.63, 3.8) is 0 Å². The van der Waals surface area contributed by atoms with E-state index in [0.717, 1.165) is 31.5 Å². The van der Waals surface area contributed by atoms with Crippen LogP contribution >= 0.6 is 24.0 Å². The van der Waals surface area contributed by atoms with Crippen LogP contribution in [0.4, 0.5) is 0 Å². The molecule has 100 valence electrons. The molecule has 1 aliphatic rings. The molecule has 0 saturated carbocycles. The number of nitrogens with one attached hydrogen (secondary N) is 1. The first-order valence-corrected chi connectivity index (χ1v) is 6.57. The smallest absolute Gasteiger partial charge is 0.143 e. The van der Waals surface area contributed by atoms with Crippen molar-refractivity contribution < 1.29 is 4.79 Å². The van der Waals surface area contributed by atoms with Gasteiger partial charge in [-0.25, -0.2) is 0 Å². The summed E-state index contributed by atoms with van der Waals surface area (Å²) in [5, 5.41) is 4.03. The van der Waals surface area contributed by atoms with Gasteiger partial charge in [0, 0.05) is 11.4 Å². The first kappa shape index (κ1) is 15.5. The summed E-state index contributed by atoms with van der Waals surface area (Å²) >= 11 is 6.05. The van der Waals surface area contributed by atoms with Crippen molar-refractivity contribution in [2.75, 3.05) is 13.1 Å². The molecule has 0 bridgehead atoms. The molecule has 0 spiro atoms.